The van der Waals surface area contributed by atoms with Gasteiger partial charge in [0.2, 0.25) is 15.9 Å². The molecule has 1 amide bonds. The van der Waals surface area contributed by atoms with Gasteiger partial charge < -0.3 is 11.1 Å². The van der Waals surface area contributed by atoms with Crippen molar-refractivity contribution in [2.75, 3.05) is 5.32 Å². The summed E-state index contributed by atoms with van der Waals surface area (Å²) in [4.78, 5) is 12.0. The van der Waals surface area contributed by atoms with Crippen molar-refractivity contribution in [1.82, 2.24) is 0 Å². The number of sulfonamides is 1. The Morgan fingerprint density at radius 3 is 2.30 bits per heavy atom. The normalized spacial score (nSPS) is 13.9. The number of benzene rings is 1. The van der Waals surface area contributed by atoms with E-state index in [2.05, 4.69) is 5.32 Å². The zero-order valence-electron chi connectivity index (χ0n) is 12.1. The fourth-order valence-electron chi connectivity index (χ4n) is 1.52. The molecule has 7 heteroatoms. The second kappa shape index (κ2) is 5.51. The van der Waals surface area contributed by atoms with E-state index in [-0.39, 0.29) is 10.8 Å². The van der Waals surface area contributed by atoms with Crippen LogP contribution in [0.15, 0.2) is 23.1 Å². The summed E-state index contributed by atoms with van der Waals surface area (Å²) in [7, 11) is -3.81. The maximum absolute atomic E-state index is 12.1. The number of hydrogen-bond acceptors (Lipinski definition) is 4. The Labute approximate surface area is 119 Å². The van der Waals surface area contributed by atoms with Crippen LogP contribution >= 0.6 is 0 Å². The molecule has 1 aromatic carbocycles. The number of anilines is 1. The second-order valence-corrected chi connectivity index (χ2v) is 7.42. The predicted octanol–water partition coefficient (Wildman–Crippen LogP) is 0.954. The van der Waals surface area contributed by atoms with Gasteiger partial charge in [-0.15, -0.1) is 0 Å². The van der Waals surface area contributed by atoms with E-state index >= 15 is 0 Å². The average Bonchev–Trinajstić information content (AvgIpc) is 2.28. The minimum atomic E-state index is -3.81. The van der Waals surface area contributed by atoms with Crippen LogP contribution in [0.25, 0.3) is 0 Å². The lowest BCUT2D eigenvalue weighted by molar-refractivity contribution is -0.119. The Kier molecular flexibility index (Phi) is 4.58. The molecule has 0 fully saturated rings. The van der Waals surface area contributed by atoms with E-state index < -0.39 is 21.5 Å². The van der Waals surface area contributed by atoms with Crippen LogP contribution in [0.1, 0.15) is 26.3 Å². The number of carbonyl (C=O) groups excluding carboxylic acids is 1. The molecule has 20 heavy (non-hydrogen) atoms. The van der Waals surface area contributed by atoms with Gasteiger partial charge >= 0.3 is 0 Å². The molecule has 0 unspecified atom stereocenters. The summed E-state index contributed by atoms with van der Waals surface area (Å²) in [5, 5.41) is 7.72. The van der Waals surface area contributed by atoms with Crippen molar-refractivity contribution in [1.29, 1.82) is 0 Å². The first kappa shape index (κ1) is 16.6. The van der Waals surface area contributed by atoms with Gasteiger partial charge in [-0.1, -0.05) is 26.8 Å². The Balaban J connectivity index is 3.07. The van der Waals surface area contributed by atoms with Crippen molar-refractivity contribution >= 4 is 21.6 Å². The lowest BCUT2D eigenvalue weighted by atomic mass is 9.87. The van der Waals surface area contributed by atoms with Crippen LogP contribution in [-0.2, 0) is 14.8 Å². The molecule has 1 aromatic rings. The number of hydrogen-bond donors (Lipinski definition) is 3. The topological polar surface area (TPSA) is 115 Å². The molecule has 1 atom stereocenters. The standard InChI is InChI=1S/C13H21N3O3S/c1-8-5-6-9(20(15,18)19)7-10(8)16-12(17)11(14)13(2,3)4/h5-7,11H,14H2,1-4H3,(H,16,17)(H2,15,18,19)/t11-/m1/s1. The summed E-state index contributed by atoms with van der Waals surface area (Å²) in [6.45, 7) is 7.31. The van der Waals surface area contributed by atoms with Gasteiger partial charge in [0, 0.05) is 5.69 Å². The predicted molar refractivity (Wildman–Crippen MR) is 78.6 cm³/mol. The third-order valence-corrected chi connectivity index (χ3v) is 3.92. The number of primary sulfonamides is 1. The molecule has 0 saturated heterocycles. The molecule has 6 nitrogen and oxygen atoms in total. The first-order chi connectivity index (χ1) is 8.93. The van der Waals surface area contributed by atoms with Crippen LogP contribution in [0.4, 0.5) is 5.69 Å². The molecule has 0 aliphatic carbocycles. The molecule has 0 saturated carbocycles. The number of aryl methyl sites for hydroxylation is 1. The molecule has 0 aliphatic heterocycles. The SMILES string of the molecule is Cc1ccc(S(N)(=O)=O)cc1NC(=O)[C@@H](N)C(C)(C)C. The van der Waals surface area contributed by atoms with Crippen molar-refractivity contribution in [3.8, 4) is 0 Å². The first-order valence-electron chi connectivity index (χ1n) is 6.13. The number of amides is 1. The van der Waals surface area contributed by atoms with Crippen LogP contribution in [0.3, 0.4) is 0 Å². The van der Waals surface area contributed by atoms with Gasteiger partial charge in [-0.05, 0) is 30.0 Å². The fraction of sp³-hybridized carbons (Fsp3) is 0.462. The zero-order valence-corrected chi connectivity index (χ0v) is 12.9. The molecular formula is C13H21N3O3S. The summed E-state index contributed by atoms with van der Waals surface area (Å²) < 4.78 is 22.6. The third kappa shape index (κ3) is 4.03. The van der Waals surface area contributed by atoms with E-state index in [0.29, 0.717) is 5.69 Å². The van der Waals surface area contributed by atoms with Gasteiger partial charge in [0.1, 0.15) is 0 Å². The van der Waals surface area contributed by atoms with Gasteiger partial charge in [0.05, 0.1) is 10.9 Å². The maximum atomic E-state index is 12.1. The minimum Gasteiger partial charge on any atom is -0.324 e. The van der Waals surface area contributed by atoms with Crippen LogP contribution in [0.2, 0.25) is 0 Å². The molecule has 0 aromatic heterocycles. The highest BCUT2D eigenvalue weighted by molar-refractivity contribution is 7.89. The van der Waals surface area contributed by atoms with Crippen molar-refractivity contribution in [2.45, 2.75) is 38.6 Å². The van der Waals surface area contributed by atoms with Crippen molar-refractivity contribution in [3.63, 3.8) is 0 Å². The highest BCUT2D eigenvalue weighted by atomic mass is 32.2. The van der Waals surface area contributed by atoms with Gasteiger partial charge in [0.15, 0.2) is 0 Å². The van der Waals surface area contributed by atoms with E-state index in [0.717, 1.165) is 5.56 Å². The third-order valence-electron chi connectivity index (χ3n) is 3.01. The highest BCUT2D eigenvalue weighted by Crippen LogP contribution is 2.22. The summed E-state index contributed by atoms with van der Waals surface area (Å²) in [5.74, 6) is -0.368. The van der Waals surface area contributed by atoms with Crippen LogP contribution in [-0.4, -0.2) is 20.4 Å². The smallest absolute Gasteiger partial charge is 0.241 e. The van der Waals surface area contributed by atoms with Gasteiger partial charge in [-0.2, -0.15) is 0 Å². The van der Waals surface area contributed by atoms with Crippen molar-refractivity contribution in [2.24, 2.45) is 16.3 Å². The number of nitrogens with two attached hydrogens (primary N) is 2. The summed E-state index contributed by atoms with van der Waals surface area (Å²) in [6, 6.07) is 3.60. The number of nitrogens with one attached hydrogen (secondary N) is 1. The van der Waals surface area contributed by atoms with Gasteiger partial charge in [0.25, 0.3) is 0 Å². The Morgan fingerprint density at radius 2 is 1.85 bits per heavy atom. The Morgan fingerprint density at radius 1 is 1.30 bits per heavy atom. The Hall–Kier alpha value is -1.44. The molecule has 112 valence electrons. The molecular weight excluding hydrogens is 278 g/mol. The fourth-order valence-corrected chi connectivity index (χ4v) is 2.06. The molecule has 0 spiro atoms. The number of carbonyl (C=O) groups is 1. The summed E-state index contributed by atoms with van der Waals surface area (Å²) in [6.07, 6.45) is 0. The van der Waals surface area contributed by atoms with E-state index in [1.54, 1.807) is 13.0 Å². The maximum Gasteiger partial charge on any atom is 0.241 e. The van der Waals surface area contributed by atoms with Crippen LogP contribution < -0.4 is 16.2 Å². The zero-order chi connectivity index (χ0) is 15.7. The van der Waals surface area contributed by atoms with Gasteiger partial charge in [-0.3, -0.25) is 4.79 Å². The quantitative estimate of drug-likeness (QED) is 0.770. The monoisotopic (exact) mass is 299 g/mol. The molecule has 0 bridgehead atoms. The molecule has 0 heterocycles. The van der Waals surface area contributed by atoms with E-state index in [4.69, 9.17) is 10.9 Å². The second-order valence-electron chi connectivity index (χ2n) is 5.85. The van der Waals surface area contributed by atoms with Crippen molar-refractivity contribution < 1.29 is 13.2 Å². The summed E-state index contributed by atoms with van der Waals surface area (Å²) in [5.41, 5.74) is 6.59. The lowest BCUT2D eigenvalue weighted by Crippen LogP contribution is -2.45. The molecule has 1 rings (SSSR count). The lowest BCUT2D eigenvalue weighted by Gasteiger charge is -2.26. The minimum absolute atomic E-state index is 0.0530. The molecule has 0 radical (unpaired) electrons. The molecule has 5 N–H and O–H groups in total. The first-order valence-corrected chi connectivity index (χ1v) is 7.67. The van der Waals surface area contributed by atoms with Crippen molar-refractivity contribution in [3.05, 3.63) is 23.8 Å². The van der Waals surface area contributed by atoms with Crippen LogP contribution in [0, 0.1) is 12.3 Å². The Bertz CT molecular complexity index is 618. The van der Waals surface area contributed by atoms with Crippen LogP contribution in [0.5, 0.6) is 0 Å². The van der Waals surface area contributed by atoms with Gasteiger partial charge in [-0.25, -0.2) is 13.6 Å². The number of rotatable bonds is 3. The largest absolute Gasteiger partial charge is 0.324 e. The molecule has 0 aliphatic rings. The van der Waals surface area contributed by atoms with E-state index in [1.165, 1.54) is 12.1 Å². The highest BCUT2D eigenvalue weighted by Gasteiger charge is 2.27. The average molecular weight is 299 g/mol. The summed E-state index contributed by atoms with van der Waals surface area (Å²) >= 11 is 0. The van der Waals surface area contributed by atoms with E-state index in [9.17, 15) is 13.2 Å². The van der Waals surface area contributed by atoms with E-state index in [1.807, 2.05) is 20.8 Å².